The van der Waals surface area contributed by atoms with Gasteiger partial charge in [0.1, 0.15) is 0 Å². The molecule has 0 aromatic heterocycles. The number of hydrogen-bond acceptors (Lipinski definition) is 2. The van der Waals surface area contributed by atoms with Gasteiger partial charge in [-0.3, -0.25) is 4.79 Å². The molecule has 3 heteroatoms. The number of nitrogens with one attached hydrogen (secondary N) is 1. The van der Waals surface area contributed by atoms with Crippen molar-refractivity contribution in [2.75, 3.05) is 5.32 Å². The Kier molecular flexibility index (Phi) is 2.95. The molecular weight excluding hydrogens is 236 g/mol. The number of fused-ring (bicyclic) bond motifs is 1. The lowest BCUT2D eigenvalue weighted by Crippen LogP contribution is -2.20. The predicted molar refractivity (Wildman–Crippen MR) is 76.2 cm³/mol. The van der Waals surface area contributed by atoms with E-state index in [2.05, 4.69) is 29.6 Å². The van der Waals surface area contributed by atoms with E-state index in [4.69, 9.17) is 5.73 Å². The van der Waals surface area contributed by atoms with Crippen LogP contribution in [-0.4, -0.2) is 11.9 Å². The standard InChI is InChI=1S/C16H16N2O/c17-16(19)13-6-3-7-14(10-13)18-15-8-11-4-1-2-5-12(11)9-15/h1-7,10,15,18H,8-9H2,(H2,17,19). The molecule has 0 spiro atoms. The second-order valence-electron chi connectivity index (χ2n) is 4.96. The summed E-state index contributed by atoms with van der Waals surface area (Å²) in [5.41, 5.74) is 9.60. The molecule has 0 saturated carbocycles. The average molecular weight is 252 g/mol. The van der Waals surface area contributed by atoms with E-state index in [-0.39, 0.29) is 0 Å². The fourth-order valence-electron chi connectivity index (χ4n) is 2.66. The summed E-state index contributed by atoms with van der Waals surface area (Å²) in [6.45, 7) is 0. The maximum Gasteiger partial charge on any atom is 0.248 e. The smallest absolute Gasteiger partial charge is 0.248 e. The Labute approximate surface area is 112 Å². The highest BCUT2D eigenvalue weighted by Gasteiger charge is 2.20. The second-order valence-corrected chi connectivity index (χ2v) is 4.96. The molecule has 0 radical (unpaired) electrons. The first kappa shape index (κ1) is 11.8. The van der Waals surface area contributed by atoms with E-state index in [1.807, 2.05) is 18.2 Å². The molecule has 0 unspecified atom stereocenters. The van der Waals surface area contributed by atoms with Crippen LogP contribution in [0.4, 0.5) is 5.69 Å². The van der Waals surface area contributed by atoms with Crippen molar-refractivity contribution in [2.45, 2.75) is 18.9 Å². The zero-order valence-electron chi connectivity index (χ0n) is 10.6. The summed E-state index contributed by atoms with van der Waals surface area (Å²) in [4.78, 5) is 11.2. The minimum Gasteiger partial charge on any atom is -0.382 e. The number of rotatable bonds is 3. The Bertz CT molecular complexity index is 597. The molecule has 0 saturated heterocycles. The van der Waals surface area contributed by atoms with Crippen LogP contribution in [0.25, 0.3) is 0 Å². The highest BCUT2D eigenvalue weighted by atomic mass is 16.1. The number of carbonyl (C=O) groups is 1. The molecular formula is C16H16N2O. The number of nitrogens with two attached hydrogens (primary N) is 1. The number of primary amides is 1. The van der Waals surface area contributed by atoms with E-state index in [1.54, 1.807) is 6.07 Å². The molecule has 0 fully saturated rings. The lowest BCUT2D eigenvalue weighted by Gasteiger charge is -2.14. The number of benzene rings is 2. The van der Waals surface area contributed by atoms with Crippen molar-refractivity contribution in [1.82, 2.24) is 0 Å². The van der Waals surface area contributed by atoms with Gasteiger partial charge in [0, 0.05) is 17.3 Å². The van der Waals surface area contributed by atoms with Crippen molar-refractivity contribution in [3.63, 3.8) is 0 Å². The third-order valence-corrected chi connectivity index (χ3v) is 3.57. The fourth-order valence-corrected chi connectivity index (χ4v) is 2.66. The third-order valence-electron chi connectivity index (χ3n) is 3.57. The van der Waals surface area contributed by atoms with Crippen molar-refractivity contribution in [2.24, 2.45) is 5.73 Å². The van der Waals surface area contributed by atoms with Gasteiger partial charge in [-0.05, 0) is 42.2 Å². The van der Waals surface area contributed by atoms with E-state index in [0.717, 1.165) is 18.5 Å². The first-order valence-electron chi connectivity index (χ1n) is 6.45. The van der Waals surface area contributed by atoms with Crippen molar-refractivity contribution < 1.29 is 4.79 Å². The van der Waals surface area contributed by atoms with E-state index < -0.39 is 5.91 Å². The molecule has 3 nitrogen and oxygen atoms in total. The lowest BCUT2D eigenvalue weighted by molar-refractivity contribution is 0.100. The average Bonchev–Trinajstić information content (AvgIpc) is 2.81. The Morgan fingerprint density at radius 3 is 2.37 bits per heavy atom. The fraction of sp³-hybridized carbons (Fsp3) is 0.188. The van der Waals surface area contributed by atoms with E-state index in [1.165, 1.54) is 11.1 Å². The zero-order valence-corrected chi connectivity index (χ0v) is 10.6. The van der Waals surface area contributed by atoms with Crippen LogP contribution in [0.1, 0.15) is 21.5 Å². The van der Waals surface area contributed by atoms with Gasteiger partial charge in [-0.1, -0.05) is 30.3 Å². The normalized spacial score (nSPS) is 14.1. The van der Waals surface area contributed by atoms with Gasteiger partial charge < -0.3 is 11.1 Å². The van der Waals surface area contributed by atoms with Crippen molar-refractivity contribution in [3.05, 3.63) is 65.2 Å². The van der Waals surface area contributed by atoms with Crippen molar-refractivity contribution >= 4 is 11.6 Å². The van der Waals surface area contributed by atoms with Gasteiger partial charge in [-0.15, -0.1) is 0 Å². The molecule has 0 aliphatic heterocycles. The molecule has 1 aliphatic rings. The van der Waals surface area contributed by atoms with Crippen LogP contribution < -0.4 is 11.1 Å². The highest BCUT2D eigenvalue weighted by Crippen LogP contribution is 2.24. The number of anilines is 1. The number of carbonyl (C=O) groups excluding carboxylic acids is 1. The van der Waals surface area contributed by atoms with Gasteiger partial charge in [0.05, 0.1) is 0 Å². The number of amides is 1. The molecule has 0 bridgehead atoms. The minimum absolute atomic E-state index is 0.389. The summed E-state index contributed by atoms with van der Waals surface area (Å²) >= 11 is 0. The summed E-state index contributed by atoms with van der Waals surface area (Å²) in [5.74, 6) is -0.390. The summed E-state index contributed by atoms with van der Waals surface area (Å²) < 4.78 is 0. The van der Waals surface area contributed by atoms with Crippen LogP contribution in [0.3, 0.4) is 0 Å². The molecule has 2 aromatic rings. The SMILES string of the molecule is NC(=O)c1cccc(NC2Cc3ccccc3C2)c1. The van der Waals surface area contributed by atoms with Gasteiger partial charge in [0.2, 0.25) is 5.91 Å². The summed E-state index contributed by atoms with van der Waals surface area (Å²) in [6, 6.07) is 16.3. The Morgan fingerprint density at radius 1 is 1.05 bits per heavy atom. The Hall–Kier alpha value is -2.29. The number of hydrogen-bond donors (Lipinski definition) is 2. The molecule has 1 aliphatic carbocycles. The molecule has 3 N–H and O–H groups in total. The van der Waals surface area contributed by atoms with Crippen LogP contribution in [-0.2, 0) is 12.8 Å². The molecule has 2 aromatic carbocycles. The van der Waals surface area contributed by atoms with Crippen molar-refractivity contribution in [1.29, 1.82) is 0 Å². The van der Waals surface area contributed by atoms with Crippen LogP contribution in [0.2, 0.25) is 0 Å². The summed E-state index contributed by atoms with van der Waals surface area (Å²) in [5, 5.41) is 3.48. The van der Waals surface area contributed by atoms with E-state index in [9.17, 15) is 4.79 Å². The van der Waals surface area contributed by atoms with Crippen LogP contribution in [0, 0.1) is 0 Å². The summed E-state index contributed by atoms with van der Waals surface area (Å²) in [7, 11) is 0. The monoisotopic (exact) mass is 252 g/mol. The van der Waals surface area contributed by atoms with Crippen LogP contribution in [0.15, 0.2) is 48.5 Å². The van der Waals surface area contributed by atoms with Gasteiger partial charge >= 0.3 is 0 Å². The highest BCUT2D eigenvalue weighted by molar-refractivity contribution is 5.93. The van der Waals surface area contributed by atoms with Crippen molar-refractivity contribution in [3.8, 4) is 0 Å². The molecule has 0 atom stereocenters. The molecule has 3 rings (SSSR count). The largest absolute Gasteiger partial charge is 0.382 e. The van der Waals surface area contributed by atoms with E-state index >= 15 is 0 Å². The van der Waals surface area contributed by atoms with Gasteiger partial charge in [0.25, 0.3) is 0 Å². The third kappa shape index (κ3) is 2.45. The van der Waals surface area contributed by atoms with Gasteiger partial charge in [-0.2, -0.15) is 0 Å². The lowest BCUT2D eigenvalue weighted by atomic mass is 10.1. The zero-order chi connectivity index (χ0) is 13.2. The Morgan fingerprint density at radius 2 is 1.74 bits per heavy atom. The quantitative estimate of drug-likeness (QED) is 0.881. The summed E-state index contributed by atoms with van der Waals surface area (Å²) in [6.07, 6.45) is 2.05. The topological polar surface area (TPSA) is 55.1 Å². The second kappa shape index (κ2) is 4.76. The molecule has 19 heavy (non-hydrogen) atoms. The maximum absolute atomic E-state index is 11.2. The van der Waals surface area contributed by atoms with Crippen LogP contribution >= 0.6 is 0 Å². The van der Waals surface area contributed by atoms with Crippen LogP contribution in [0.5, 0.6) is 0 Å². The van der Waals surface area contributed by atoms with Gasteiger partial charge in [-0.25, -0.2) is 0 Å². The minimum atomic E-state index is -0.390. The predicted octanol–water partition coefficient (Wildman–Crippen LogP) is 2.36. The first-order chi connectivity index (χ1) is 9.22. The van der Waals surface area contributed by atoms with E-state index in [0.29, 0.717) is 11.6 Å². The maximum atomic E-state index is 11.2. The van der Waals surface area contributed by atoms with Gasteiger partial charge in [0.15, 0.2) is 0 Å². The molecule has 1 amide bonds. The molecule has 96 valence electrons. The molecule has 0 heterocycles. The first-order valence-corrected chi connectivity index (χ1v) is 6.45. The Balaban J connectivity index is 1.74.